The SMILES string of the molecule is O=C1NCC[C@@H](c2ccc(Oc3ccccc3)cc2)[C@@H]1c1ccccc1. The zero-order valence-corrected chi connectivity index (χ0v) is 14.5. The lowest BCUT2D eigenvalue weighted by Crippen LogP contribution is -2.39. The average molecular weight is 343 g/mol. The fourth-order valence-corrected chi connectivity index (χ4v) is 3.62. The summed E-state index contributed by atoms with van der Waals surface area (Å²) in [7, 11) is 0. The van der Waals surface area contributed by atoms with Crippen molar-refractivity contribution in [2.45, 2.75) is 18.3 Å². The number of rotatable bonds is 4. The maximum absolute atomic E-state index is 12.6. The van der Waals surface area contributed by atoms with E-state index in [1.54, 1.807) is 0 Å². The maximum atomic E-state index is 12.6. The molecule has 130 valence electrons. The largest absolute Gasteiger partial charge is 0.457 e. The minimum Gasteiger partial charge on any atom is -0.457 e. The van der Waals surface area contributed by atoms with Gasteiger partial charge in [0.15, 0.2) is 0 Å². The molecule has 2 atom stereocenters. The van der Waals surface area contributed by atoms with Gasteiger partial charge in [0.1, 0.15) is 11.5 Å². The van der Waals surface area contributed by atoms with Gasteiger partial charge >= 0.3 is 0 Å². The zero-order valence-electron chi connectivity index (χ0n) is 14.5. The van der Waals surface area contributed by atoms with Crippen LogP contribution in [0.2, 0.25) is 0 Å². The van der Waals surface area contributed by atoms with Crippen molar-refractivity contribution in [1.82, 2.24) is 5.32 Å². The summed E-state index contributed by atoms with van der Waals surface area (Å²) in [5.41, 5.74) is 2.24. The van der Waals surface area contributed by atoms with Crippen LogP contribution in [0.3, 0.4) is 0 Å². The molecule has 0 unspecified atom stereocenters. The van der Waals surface area contributed by atoms with Gasteiger partial charge in [-0.15, -0.1) is 0 Å². The molecule has 3 nitrogen and oxygen atoms in total. The minimum absolute atomic E-state index is 0.108. The lowest BCUT2D eigenvalue weighted by molar-refractivity contribution is -0.124. The Kier molecular flexibility index (Phi) is 4.69. The predicted octanol–water partition coefficient (Wildman–Crippen LogP) is 4.87. The monoisotopic (exact) mass is 343 g/mol. The minimum atomic E-state index is -0.147. The first-order chi connectivity index (χ1) is 12.8. The molecule has 0 aliphatic carbocycles. The van der Waals surface area contributed by atoms with Crippen molar-refractivity contribution in [3.63, 3.8) is 0 Å². The van der Waals surface area contributed by atoms with Crippen LogP contribution in [0.5, 0.6) is 11.5 Å². The molecule has 1 fully saturated rings. The van der Waals surface area contributed by atoms with Gasteiger partial charge in [-0.1, -0.05) is 60.7 Å². The van der Waals surface area contributed by atoms with E-state index in [1.165, 1.54) is 5.56 Å². The third kappa shape index (κ3) is 3.47. The molecule has 3 heteroatoms. The van der Waals surface area contributed by atoms with E-state index in [1.807, 2.05) is 72.8 Å². The molecule has 3 aromatic rings. The summed E-state index contributed by atoms with van der Waals surface area (Å²) in [6.45, 7) is 0.717. The summed E-state index contributed by atoms with van der Waals surface area (Å²) in [5.74, 6) is 1.76. The van der Waals surface area contributed by atoms with Crippen molar-refractivity contribution < 1.29 is 9.53 Å². The van der Waals surface area contributed by atoms with E-state index >= 15 is 0 Å². The Balaban J connectivity index is 1.58. The van der Waals surface area contributed by atoms with Crippen LogP contribution in [0.1, 0.15) is 29.4 Å². The van der Waals surface area contributed by atoms with Crippen molar-refractivity contribution in [2.75, 3.05) is 6.54 Å². The van der Waals surface area contributed by atoms with Crippen LogP contribution in [0.15, 0.2) is 84.9 Å². The Morgan fingerprint density at radius 2 is 1.35 bits per heavy atom. The molecule has 1 N–H and O–H groups in total. The molecule has 26 heavy (non-hydrogen) atoms. The molecule has 1 heterocycles. The molecule has 1 aliphatic heterocycles. The molecule has 0 spiro atoms. The summed E-state index contributed by atoms with van der Waals surface area (Å²) < 4.78 is 5.87. The van der Waals surface area contributed by atoms with Gasteiger partial charge in [0.2, 0.25) is 5.91 Å². The Hall–Kier alpha value is -3.07. The molecule has 1 amide bonds. The smallest absolute Gasteiger partial charge is 0.228 e. The number of nitrogens with one attached hydrogen (secondary N) is 1. The molecular weight excluding hydrogens is 322 g/mol. The Bertz CT molecular complexity index is 860. The van der Waals surface area contributed by atoms with E-state index in [-0.39, 0.29) is 17.7 Å². The van der Waals surface area contributed by atoms with E-state index in [2.05, 4.69) is 17.4 Å². The number of benzene rings is 3. The number of carbonyl (C=O) groups excluding carboxylic acids is 1. The van der Waals surface area contributed by atoms with Crippen LogP contribution in [0, 0.1) is 0 Å². The third-order valence-electron chi connectivity index (χ3n) is 4.89. The number of para-hydroxylation sites is 1. The quantitative estimate of drug-likeness (QED) is 0.734. The first-order valence-corrected chi connectivity index (χ1v) is 8.97. The van der Waals surface area contributed by atoms with E-state index < -0.39 is 0 Å². The van der Waals surface area contributed by atoms with Crippen LogP contribution in [0.25, 0.3) is 0 Å². The van der Waals surface area contributed by atoms with Crippen LogP contribution in [0.4, 0.5) is 0 Å². The van der Waals surface area contributed by atoms with E-state index in [0.29, 0.717) is 0 Å². The van der Waals surface area contributed by atoms with Crippen LogP contribution >= 0.6 is 0 Å². The van der Waals surface area contributed by atoms with Gasteiger partial charge < -0.3 is 10.1 Å². The summed E-state index contributed by atoms with van der Waals surface area (Å²) in [5, 5.41) is 3.01. The summed E-state index contributed by atoms with van der Waals surface area (Å²) in [4.78, 5) is 12.6. The molecule has 0 bridgehead atoms. The zero-order chi connectivity index (χ0) is 17.8. The van der Waals surface area contributed by atoms with Crippen molar-refractivity contribution in [1.29, 1.82) is 0 Å². The summed E-state index contributed by atoms with van der Waals surface area (Å²) >= 11 is 0. The topological polar surface area (TPSA) is 38.3 Å². The van der Waals surface area contributed by atoms with Gasteiger partial charge in [-0.2, -0.15) is 0 Å². The normalized spacial score (nSPS) is 19.6. The fourth-order valence-electron chi connectivity index (χ4n) is 3.62. The maximum Gasteiger partial charge on any atom is 0.228 e. The van der Waals surface area contributed by atoms with Crippen LogP contribution < -0.4 is 10.1 Å². The van der Waals surface area contributed by atoms with Crippen molar-refractivity contribution in [3.05, 3.63) is 96.1 Å². The highest BCUT2D eigenvalue weighted by Gasteiger charge is 2.34. The van der Waals surface area contributed by atoms with Crippen molar-refractivity contribution in [2.24, 2.45) is 0 Å². The molecule has 0 aromatic heterocycles. The van der Waals surface area contributed by atoms with Gasteiger partial charge in [0.05, 0.1) is 5.92 Å². The van der Waals surface area contributed by atoms with Gasteiger partial charge in [-0.05, 0) is 41.8 Å². The first-order valence-electron chi connectivity index (χ1n) is 8.97. The number of ether oxygens (including phenoxy) is 1. The van der Waals surface area contributed by atoms with Gasteiger partial charge in [-0.25, -0.2) is 0 Å². The molecule has 0 radical (unpaired) electrons. The number of hydrogen-bond acceptors (Lipinski definition) is 2. The lowest BCUT2D eigenvalue weighted by Gasteiger charge is -2.32. The highest BCUT2D eigenvalue weighted by Crippen LogP contribution is 2.38. The van der Waals surface area contributed by atoms with E-state index in [9.17, 15) is 4.79 Å². The summed E-state index contributed by atoms with van der Waals surface area (Å²) in [6.07, 6.45) is 0.935. The number of hydrogen-bond donors (Lipinski definition) is 1. The second-order valence-electron chi connectivity index (χ2n) is 6.56. The number of piperidine rings is 1. The van der Waals surface area contributed by atoms with Gasteiger partial charge in [-0.3, -0.25) is 4.79 Å². The molecule has 1 aliphatic rings. The van der Waals surface area contributed by atoms with Crippen molar-refractivity contribution >= 4 is 5.91 Å². The Morgan fingerprint density at radius 1 is 0.731 bits per heavy atom. The highest BCUT2D eigenvalue weighted by atomic mass is 16.5. The second kappa shape index (κ2) is 7.44. The predicted molar refractivity (Wildman–Crippen MR) is 103 cm³/mol. The Morgan fingerprint density at radius 3 is 2.04 bits per heavy atom. The standard InChI is InChI=1S/C23H21NO2/c25-23-22(18-7-3-1-4-8-18)21(15-16-24-23)17-11-13-20(14-12-17)26-19-9-5-2-6-10-19/h1-14,21-22H,15-16H2,(H,24,25)/t21-,22-/m0/s1. The highest BCUT2D eigenvalue weighted by molar-refractivity contribution is 5.85. The van der Waals surface area contributed by atoms with Crippen LogP contribution in [-0.2, 0) is 4.79 Å². The van der Waals surface area contributed by atoms with Gasteiger partial charge in [0, 0.05) is 12.5 Å². The molecule has 3 aromatic carbocycles. The first kappa shape index (κ1) is 16.4. The lowest BCUT2D eigenvalue weighted by atomic mass is 9.77. The van der Waals surface area contributed by atoms with Crippen molar-refractivity contribution in [3.8, 4) is 11.5 Å². The Labute approximate surface area is 153 Å². The third-order valence-corrected chi connectivity index (χ3v) is 4.89. The fraction of sp³-hybridized carbons (Fsp3) is 0.174. The number of carbonyl (C=O) groups is 1. The second-order valence-corrected chi connectivity index (χ2v) is 6.56. The van der Waals surface area contributed by atoms with Crippen LogP contribution in [-0.4, -0.2) is 12.5 Å². The number of amides is 1. The molecule has 0 saturated carbocycles. The molecule has 4 rings (SSSR count). The van der Waals surface area contributed by atoms with E-state index in [4.69, 9.17) is 4.74 Å². The molecular formula is C23H21NO2. The van der Waals surface area contributed by atoms with E-state index in [0.717, 1.165) is 30.0 Å². The van der Waals surface area contributed by atoms with Gasteiger partial charge in [0.25, 0.3) is 0 Å². The summed E-state index contributed by atoms with van der Waals surface area (Å²) in [6, 6.07) is 27.9. The molecule has 1 saturated heterocycles. The average Bonchev–Trinajstić information content (AvgIpc) is 2.70.